The second-order valence-electron chi connectivity index (χ2n) is 4.21. The normalized spacial score (nSPS) is 18.2. The number of benzene rings is 1. The van der Waals surface area contributed by atoms with Crippen LogP contribution in [0.3, 0.4) is 0 Å². The number of thioether (sulfide) groups is 1. The highest BCUT2D eigenvalue weighted by Gasteiger charge is 2.24. The van der Waals surface area contributed by atoms with Gasteiger partial charge >= 0.3 is 5.97 Å². The first kappa shape index (κ1) is 16.8. The average Bonchev–Trinajstić information content (AvgIpc) is 2.87. The van der Waals surface area contributed by atoms with Crippen LogP contribution < -0.4 is 5.32 Å². The Morgan fingerprint density at radius 3 is 2.91 bits per heavy atom. The van der Waals surface area contributed by atoms with Crippen LogP contribution in [0, 0.1) is 0 Å². The largest absolute Gasteiger partial charge is 0.466 e. The van der Waals surface area contributed by atoms with Gasteiger partial charge in [0.05, 0.1) is 18.2 Å². The van der Waals surface area contributed by atoms with Crippen molar-refractivity contribution in [2.45, 2.75) is 6.43 Å². The molecule has 1 heterocycles. The average molecular weight is 339 g/mol. The molecule has 0 aliphatic carbocycles. The number of esters is 1. The minimum atomic E-state index is -2.56. The van der Waals surface area contributed by atoms with Gasteiger partial charge in [-0.2, -0.15) is 5.10 Å². The van der Waals surface area contributed by atoms with Gasteiger partial charge in [0, 0.05) is 11.6 Å². The number of alkyl halides is 2. The molecule has 1 aromatic rings. The van der Waals surface area contributed by atoms with Crippen LogP contribution in [0.2, 0.25) is 0 Å². The van der Waals surface area contributed by atoms with Gasteiger partial charge in [-0.3, -0.25) is 10.1 Å². The Bertz CT molecular complexity index is 717. The lowest BCUT2D eigenvalue weighted by atomic mass is 10.1. The fourth-order valence-electron chi connectivity index (χ4n) is 1.56. The van der Waals surface area contributed by atoms with Crippen LogP contribution in [0.5, 0.6) is 0 Å². The van der Waals surface area contributed by atoms with Crippen LogP contribution in [-0.4, -0.2) is 30.4 Å². The minimum Gasteiger partial charge on any atom is -0.466 e. The number of rotatable bonds is 4. The molecule has 23 heavy (non-hydrogen) atoms. The Labute approximate surface area is 134 Å². The van der Waals surface area contributed by atoms with Crippen molar-refractivity contribution in [1.82, 2.24) is 5.32 Å². The highest BCUT2D eigenvalue weighted by atomic mass is 32.2. The van der Waals surface area contributed by atoms with Gasteiger partial charge in [0.1, 0.15) is 0 Å². The molecule has 0 atom stereocenters. The first-order valence-electron chi connectivity index (χ1n) is 6.27. The van der Waals surface area contributed by atoms with Gasteiger partial charge in [-0.05, 0) is 23.4 Å². The number of nitrogens with zero attached hydrogens (tertiary/aromatic N) is 2. The lowest BCUT2D eigenvalue weighted by Crippen LogP contribution is -2.19. The first-order valence-corrected chi connectivity index (χ1v) is 7.09. The van der Waals surface area contributed by atoms with Crippen molar-refractivity contribution < 1.29 is 23.1 Å². The molecule has 6 nitrogen and oxygen atoms in total. The number of amidine groups is 1. The maximum absolute atomic E-state index is 12.6. The molecule has 1 aromatic carbocycles. The molecular formula is C14H11F2N3O3S. The number of hydrogen-bond donors (Lipinski definition) is 1. The molecule has 1 aliphatic heterocycles. The summed E-state index contributed by atoms with van der Waals surface area (Å²) in [6.45, 7) is 0. The summed E-state index contributed by atoms with van der Waals surface area (Å²) < 4.78 is 29.6. The molecule has 0 bridgehead atoms. The Kier molecular flexibility index (Phi) is 5.58. The number of amides is 1. The summed E-state index contributed by atoms with van der Waals surface area (Å²) in [6, 6.07) is 5.68. The third kappa shape index (κ3) is 4.71. The molecule has 0 unspecified atom stereocenters. The predicted molar refractivity (Wildman–Crippen MR) is 82.3 cm³/mol. The van der Waals surface area contributed by atoms with Crippen LogP contribution in [0.15, 0.2) is 45.4 Å². The Morgan fingerprint density at radius 1 is 1.43 bits per heavy atom. The van der Waals surface area contributed by atoms with Gasteiger partial charge in [-0.1, -0.05) is 18.2 Å². The van der Waals surface area contributed by atoms with Crippen LogP contribution in [0.4, 0.5) is 8.78 Å². The monoisotopic (exact) mass is 339 g/mol. The third-order valence-corrected chi connectivity index (χ3v) is 3.52. The van der Waals surface area contributed by atoms with Crippen molar-refractivity contribution >= 4 is 35.0 Å². The molecule has 2 rings (SSSR count). The van der Waals surface area contributed by atoms with E-state index < -0.39 is 18.3 Å². The van der Waals surface area contributed by atoms with E-state index in [0.717, 1.165) is 17.8 Å². The van der Waals surface area contributed by atoms with Crippen molar-refractivity contribution in [2.75, 3.05) is 7.11 Å². The lowest BCUT2D eigenvalue weighted by molar-refractivity contribution is -0.135. The predicted octanol–water partition coefficient (Wildman–Crippen LogP) is 2.23. The fourth-order valence-corrected chi connectivity index (χ4v) is 2.30. The van der Waals surface area contributed by atoms with E-state index in [0.29, 0.717) is 5.56 Å². The summed E-state index contributed by atoms with van der Waals surface area (Å²) in [5.74, 6) is -1.15. The van der Waals surface area contributed by atoms with E-state index in [4.69, 9.17) is 0 Å². The van der Waals surface area contributed by atoms with Gasteiger partial charge in [0.15, 0.2) is 5.17 Å². The van der Waals surface area contributed by atoms with E-state index in [1.54, 1.807) is 6.07 Å². The number of carbonyl (C=O) groups is 2. The van der Waals surface area contributed by atoms with Gasteiger partial charge < -0.3 is 4.74 Å². The molecule has 120 valence electrons. The Hall–Kier alpha value is -2.55. The summed E-state index contributed by atoms with van der Waals surface area (Å²) in [4.78, 5) is 22.8. The molecule has 1 N–H and O–H groups in total. The molecule has 0 radical (unpaired) electrons. The number of nitrogens with one attached hydrogen (secondary N) is 1. The third-order valence-electron chi connectivity index (χ3n) is 2.62. The number of carbonyl (C=O) groups excluding carboxylic acids is 2. The van der Waals surface area contributed by atoms with E-state index in [2.05, 4.69) is 20.3 Å². The van der Waals surface area contributed by atoms with E-state index in [9.17, 15) is 18.4 Å². The van der Waals surface area contributed by atoms with Gasteiger partial charge in [0.2, 0.25) is 0 Å². The number of ether oxygens (including phenoxy) is 1. The number of methoxy groups -OCH3 is 1. The molecule has 0 saturated carbocycles. The Balaban J connectivity index is 2.06. The summed E-state index contributed by atoms with van der Waals surface area (Å²) in [5.41, 5.74) is 0.334. The molecule has 1 fully saturated rings. The summed E-state index contributed by atoms with van der Waals surface area (Å²) in [6.07, 6.45) is -0.239. The van der Waals surface area contributed by atoms with E-state index >= 15 is 0 Å². The summed E-state index contributed by atoms with van der Waals surface area (Å²) in [5, 5.41) is 10.1. The van der Waals surface area contributed by atoms with Crippen molar-refractivity contribution in [3.8, 4) is 0 Å². The van der Waals surface area contributed by atoms with Crippen molar-refractivity contribution in [3.63, 3.8) is 0 Å². The zero-order valence-corrected chi connectivity index (χ0v) is 12.6. The van der Waals surface area contributed by atoms with Crippen molar-refractivity contribution in [1.29, 1.82) is 0 Å². The fraction of sp³-hybridized carbons (Fsp3) is 0.143. The summed E-state index contributed by atoms with van der Waals surface area (Å²) in [7, 11) is 1.20. The standard InChI is InChI=1S/C14H11F2N3O3S/c1-22-11(20)6-10-13(21)18-14(23-10)19-17-7-8-3-2-4-9(5-8)12(15)16/h2-7,12H,1H3,(H,18,19,21)/b10-6+,17-7?. The van der Waals surface area contributed by atoms with E-state index in [1.807, 2.05) is 0 Å². The topological polar surface area (TPSA) is 80.1 Å². The molecule has 0 spiro atoms. The minimum absolute atomic E-state index is 0.117. The molecule has 1 amide bonds. The highest BCUT2D eigenvalue weighted by molar-refractivity contribution is 8.18. The first-order chi connectivity index (χ1) is 11.0. The molecule has 0 aromatic heterocycles. The Morgan fingerprint density at radius 2 is 2.22 bits per heavy atom. The quantitative estimate of drug-likeness (QED) is 0.395. The zero-order valence-electron chi connectivity index (χ0n) is 11.8. The highest BCUT2D eigenvalue weighted by Crippen LogP contribution is 2.23. The summed E-state index contributed by atoms with van der Waals surface area (Å²) >= 11 is 0.922. The SMILES string of the molecule is COC(=O)/C=C1/S/C(=N\N=Cc2cccc(C(F)F)c2)NC1=O. The maximum atomic E-state index is 12.6. The lowest BCUT2D eigenvalue weighted by Gasteiger charge is -1.99. The molecule has 9 heteroatoms. The van der Waals surface area contributed by atoms with Crippen LogP contribution in [0.25, 0.3) is 0 Å². The van der Waals surface area contributed by atoms with E-state index in [-0.39, 0.29) is 15.6 Å². The van der Waals surface area contributed by atoms with Crippen molar-refractivity contribution in [2.24, 2.45) is 10.2 Å². The van der Waals surface area contributed by atoms with Crippen LogP contribution >= 0.6 is 11.8 Å². The number of halogens is 2. The van der Waals surface area contributed by atoms with Crippen LogP contribution in [-0.2, 0) is 14.3 Å². The molecule has 1 saturated heterocycles. The van der Waals surface area contributed by atoms with Gasteiger partial charge in [-0.15, -0.1) is 5.10 Å². The van der Waals surface area contributed by atoms with Gasteiger partial charge in [-0.25, -0.2) is 13.6 Å². The maximum Gasteiger partial charge on any atom is 0.331 e. The number of hydrogen-bond acceptors (Lipinski definition) is 6. The second kappa shape index (κ2) is 7.63. The van der Waals surface area contributed by atoms with Crippen molar-refractivity contribution in [3.05, 3.63) is 46.4 Å². The second-order valence-corrected chi connectivity index (χ2v) is 5.24. The van der Waals surface area contributed by atoms with E-state index in [1.165, 1.54) is 31.5 Å². The van der Waals surface area contributed by atoms with Gasteiger partial charge in [0.25, 0.3) is 12.3 Å². The smallest absolute Gasteiger partial charge is 0.331 e. The molecule has 1 aliphatic rings. The zero-order chi connectivity index (χ0) is 16.8. The molecular weight excluding hydrogens is 328 g/mol. The van der Waals surface area contributed by atoms with Crippen LogP contribution in [0.1, 0.15) is 17.6 Å².